The van der Waals surface area contributed by atoms with E-state index in [-0.39, 0.29) is 5.97 Å². The summed E-state index contributed by atoms with van der Waals surface area (Å²) in [5.41, 5.74) is 3.30. The number of carbonyl (C=O) groups is 1. The van der Waals surface area contributed by atoms with Gasteiger partial charge in [0.05, 0.1) is 23.8 Å². The molecule has 0 bridgehead atoms. The highest BCUT2D eigenvalue weighted by Crippen LogP contribution is 2.25. The van der Waals surface area contributed by atoms with E-state index in [0.717, 1.165) is 36.2 Å². The maximum atomic E-state index is 12.1. The van der Waals surface area contributed by atoms with Crippen LogP contribution in [0.1, 0.15) is 35.9 Å². The maximum absolute atomic E-state index is 12.1. The molecule has 5 nitrogen and oxygen atoms in total. The second-order valence-corrected chi connectivity index (χ2v) is 5.17. The predicted molar refractivity (Wildman–Crippen MR) is 81.7 cm³/mol. The second-order valence-electron chi connectivity index (χ2n) is 5.17. The molecule has 0 aliphatic rings. The van der Waals surface area contributed by atoms with Gasteiger partial charge in [0, 0.05) is 6.54 Å². The van der Waals surface area contributed by atoms with Crippen molar-refractivity contribution in [3.8, 4) is 0 Å². The van der Waals surface area contributed by atoms with Crippen molar-refractivity contribution in [2.24, 2.45) is 0 Å². The summed E-state index contributed by atoms with van der Waals surface area (Å²) in [6, 6.07) is 8.06. The number of methoxy groups -OCH3 is 1. The van der Waals surface area contributed by atoms with Crippen LogP contribution < -0.4 is 0 Å². The molecule has 0 aliphatic heterocycles. The van der Waals surface area contributed by atoms with Crippen molar-refractivity contribution >= 4 is 22.8 Å². The third-order valence-corrected chi connectivity index (χ3v) is 3.80. The Labute approximate surface area is 123 Å². The van der Waals surface area contributed by atoms with Crippen LogP contribution in [0, 0.1) is 6.92 Å². The fourth-order valence-electron chi connectivity index (χ4n) is 2.79. The van der Waals surface area contributed by atoms with E-state index in [4.69, 9.17) is 4.74 Å². The van der Waals surface area contributed by atoms with Crippen molar-refractivity contribution in [2.75, 3.05) is 7.11 Å². The van der Waals surface area contributed by atoms with Crippen LogP contribution >= 0.6 is 0 Å². The molecule has 0 saturated heterocycles. The zero-order valence-electron chi connectivity index (χ0n) is 12.6. The van der Waals surface area contributed by atoms with Gasteiger partial charge in [-0.15, -0.1) is 0 Å². The number of benzene rings is 1. The van der Waals surface area contributed by atoms with E-state index in [1.165, 1.54) is 7.11 Å². The molecule has 21 heavy (non-hydrogen) atoms. The summed E-state index contributed by atoms with van der Waals surface area (Å²) in [6.45, 7) is 4.91. The predicted octanol–water partition coefficient (Wildman–Crippen LogP) is 3.18. The fraction of sp³-hybridized carbons (Fsp3) is 0.375. The molecule has 3 aromatic rings. The summed E-state index contributed by atoms with van der Waals surface area (Å²) in [4.78, 5) is 16.7. The third-order valence-electron chi connectivity index (χ3n) is 3.80. The van der Waals surface area contributed by atoms with Gasteiger partial charge in [-0.25, -0.2) is 9.78 Å². The molecule has 0 spiro atoms. The average Bonchev–Trinajstić information content (AvgIpc) is 2.98. The number of hydrogen-bond donors (Lipinski definition) is 0. The van der Waals surface area contributed by atoms with Gasteiger partial charge in [0.1, 0.15) is 0 Å². The number of imidazole rings is 2. The molecule has 0 radical (unpaired) electrons. The summed E-state index contributed by atoms with van der Waals surface area (Å²) in [5.74, 6) is 0.459. The minimum Gasteiger partial charge on any atom is -0.464 e. The Morgan fingerprint density at radius 3 is 2.67 bits per heavy atom. The third kappa shape index (κ3) is 2.00. The number of aromatic nitrogens is 3. The number of aryl methyl sites for hydroxylation is 2. The normalized spacial score (nSPS) is 11.4. The molecule has 2 aromatic heterocycles. The Morgan fingerprint density at radius 2 is 2.00 bits per heavy atom. The first-order valence-corrected chi connectivity index (χ1v) is 7.23. The Bertz CT molecular complexity index is 814. The molecule has 0 aliphatic carbocycles. The molecule has 0 amide bonds. The molecule has 0 saturated carbocycles. The first-order valence-electron chi connectivity index (χ1n) is 7.23. The number of para-hydroxylation sites is 2. The monoisotopic (exact) mass is 285 g/mol. The highest BCUT2D eigenvalue weighted by Gasteiger charge is 2.22. The van der Waals surface area contributed by atoms with Gasteiger partial charge >= 0.3 is 5.97 Å². The van der Waals surface area contributed by atoms with Crippen LogP contribution in [-0.4, -0.2) is 27.0 Å². The lowest BCUT2D eigenvalue weighted by atomic mass is 10.3. The van der Waals surface area contributed by atoms with E-state index in [1.54, 1.807) is 0 Å². The molecule has 110 valence electrons. The van der Waals surface area contributed by atoms with Gasteiger partial charge in [0.25, 0.3) is 0 Å². The highest BCUT2D eigenvalue weighted by atomic mass is 16.5. The molecule has 2 heterocycles. The number of esters is 1. The van der Waals surface area contributed by atoms with Crippen molar-refractivity contribution in [2.45, 2.75) is 33.2 Å². The van der Waals surface area contributed by atoms with Gasteiger partial charge in [-0.1, -0.05) is 25.5 Å². The topological polar surface area (TPSA) is 48.5 Å². The molecular formula is C16H19N3O2. The second kappa shape index (κ2) is 5.24. The molecule has 0 atom stereocenters. The minimum absolute atomic E-state index is 0.349. The van der Waals surface area contributed by atoms with E-state index >= 15 is 0 Å². The van der Waals surface area contributed by atoms with Gasteiger partial charge < -0.3 is 9.30 Å². The van der Waals surface area contributed by atoms with Crippen LogP contribution in [0.2, 0.25) is 0 Å². The Kier molecular flexibility index (Phi) is 3.41. The number of rotatable bonds is 4. The number of nitrogens with zero attached hydrogens (tertiary/aromatic N) is 3. The van der Waals surface area contributed by atoms with E-state index in [9.17, 15) is 4.79 Å². The Balaban J connectivity index is 2.37. The molecule has 0 unspecified atom stereocenters. The Morgan fingerprint density at radius 1 is 1.29 bits per heavy atom. The SMILES string of the molecule is CCCCn1c2ccccc2n2c(C(=O)OC)c(C)nc12. The van der Waals surface area contributed by atoms with Crippen LogP contribution in [0.25, 0.3) is 16.8 Å². The zero-order valence-corrected chi connectivity index (χ0v) is 12.6. The van der Waals surface area contributed by atoms with Crippen LogP contribution in [0.4, 0.5) is 0 Å². The summed E-state index contributed by atoms with van der Waals surface area (Å²) in [6.07, 6.45) is 2.19. The van der Waals surface area contributed by atoms with Gasteiger partial charge in [-0.05, 0) is 25.5 Å². The molecular weight excluding hydrogens is 266 g/mol. The largest absolute Gasteiger partial charge is 0.464 e. The fourth-order valence-corrected chi connectivity index (χ4v) is 2.79. The first-order chi connectivity index (χ1) is 10.2. The van der Waals surface area contributed by atoms with Gasteiger partial charge in [-0.3, -0.25) is 4.40 Å². The van der Waals surface area contributed by atoms with Crippen molar-refractivity contribution in [3.05, 3.63) is 35.7 Å². The highest BCUT2D eigenvalue weighted by molar-refractivity contribution is 5.93. The standard InChI is InChI=1S/C16H19N3O2/c1-4-5-10-18-12-8-6-7-9-13(12)19-14(15(20)21-3)11(2)17-16(18)19/h6-9H,4-5,10H2,1-3H3. The van der Waals surface area contributed by atoms with Crippen molar-refractivity contribution in [1.29, 1.82) is 0 Å². The summed E-state index contributed by atoms with van der Waals surface area (Å²) >= 11 is 0. The van der Waals surface area contributed by atoms with Crippen LogP contribution in [0.3, 0.4) is 0 Å². The van der Waals surface area contributed by atoms with Gasteiger partial charge in [0.15, 0.2) is 5.69 Å². The first kappa shape index (κ1) is 13.7. The van der Waals surface area contributed by atoms with Crippen LogP contribution in [-0.2, 0) is 11.3 Å². The quantitative estimate of drug-likeness (QED) is 0.692. The molecule has 0 fully saturated rings. The van der Waals surface area contributed by atoms with E-state index in [0.29, 0.717) is 11.4 Å². The Hall–Kier alpha value is -2.30. The average molecular weight is 285 g/mol. The number of unbranched alkanes of at least 4 members (excludes halogenated alkanes) is 1. The lowest BCUT2D eigenvalue weighted by Gasteiger charge is -2.03. The molecule has 5 heteroatoms. The lowest BCUT2D eigenvalue weighted by Crippen LogP contribution is -2.06. The van der Waals surface area contributed by atoms with Crippen molar-refractivity contribution in [1.82, 2.24) is 14.0 Å². The van der Waals surface area contributed by atoms with E-state index < -0.39 is 0 Å². The van der Waals surface area contributed by atoms with Crippen LogP contribution in [0.5, 0.6) is 0 Å². The van der Waals surface area contributed by atoms with Gasteiger partial charge in [0.2, 0.25) is 5.78 Å². The summed E-state index contributed by atoms with van der Waals surface area (Å²) in [7, 11) is 1.40. The maximum Gasteiger partial charge on any atom is 0.357 e. The number of hydrogen-bond acceptors (Lipinski definition) is 3. The summed E-state index contributed by atoms with van der Waals surface area (Å²) < 4.78 is 9.00. The smallest absolute Gasteiger partial charge is 0.357 e. The zero-order chi connectivity index (χ0) is 15.0. The lowest BCUT2D eigenvalue weighted by molar-refractivity contribution is 0.0592. The molecule has 1 aromatic carbocycles. The molecule has 0 N–H and O–H groups in total. The van der Waals surface area contributed by atoms with Crippen molar-refractivity contribution < 1.29 is 9.53 Å². The van der Waals surface area contributed by atoms with Gasteiger partial charge in [-0.2, -0.15) is 0 Å². The minimum atomic E-state index is -0.349. The van der Waals surface area contributed by atoms with E-state index in [2.05, 4.69) is 22.5 Å². The summed E-state index contributed by atoms with van der Waals surface area (Å²) in [5, 5.41) is 0. The van der Waals surface area contributed by atoms with Crippen LogP contribution in [0.15, 0.2) is 24.3 Å². The van der Waals surface area contributed by atoms with Crippen molar-refractivity contribution in [3.63, 3.8) is 0 Å². The number of ether oxygens (including phenoxy) is 1. The molecule has 3 rings (SSSR count). The number of fused-ring (bicyclic) bond motifs is 3. The van der Waals surface area contributed by atoms with E-state index in [1.807, 2.05) is 29.5 Å². The number of carbonyl (C=O) groups excluding carboxylic acids is 1.